The van der Waals surface area contributed by atoms with Crippen molar-refractivity contribution >= 4 is 9.04 Å². The van der Waals surface area contributed by atoms with Crippen LogP contribution in [0.4, 0.5) is 0 Å². The number of fused-ring (bicyclic) bond motifs is 5. The summed E-state index contributed by atoms with van der Waals surface area (Å²) < 4.78 is 6.22. The standard InChI is InChI=1S/C25H43O3Si/c1-23(2,3)17-10-12-24(15-26)18(14-17)6-7-19-20-8-9-22(27)25(20,13-11-21(19)24)16-28-29(4)5/h6,17,19-22,26-27H,7-16H2,1-5H3/t17?,19-,20-,21-,22-,24+,25+/m0/s1. The van der Waals surface area contributed by atoms with Crippen LogP contribution in [0.2, 0.25) is 13.1 Å². The molecule has 0 heterocycles. The Morgan fingerprint density at radius 3 is 2.52 bits per heavy atom. The second-order valence-corrected chi connectivity index (χ2v) is 14.1. The van der Waals surface area contributed by atoms with Gasteiger partial charge in [0.25, 0.3) is 0 Å². The minimum Gasteiger partial charge on any atom is -0.417 e. The second kappa shape index (κ2) is 7.76. The van der Waals surface area contributed by atoms with Crippen LogP contribution in [0.25, 0.3) is 0 Å². The molecule has 2 N–H and O–H groups in total. The van der Waals surface area contributed by atoms with Crippen molar-refractivity contribution in [2.24, 2.45) is 39.9 Å². The highest BCUT2D eigenvalue weighted by molar-refractivity contribution is 6.48. The highest BCUT2D eigenvalue weighted by Crippen LogP contribution is 2.66. The van der Waals surface area contributed by atoms with E-state index >= 15 is 0 Å². The van der Waals surface area contributed by atoms with Gasteiger partial charge in [-0.2, -0.15) is 0 Å². The van der Waals surface area contributed by atoms with Crippen LogP contribution in [0.3, 0.4) is 0 Å². The predicted octanol–water partition coefficient (Wildman–Crippen LogP) is 5.19. The van der Waals surface area contributed by atoms with Crippen molar-refractivity contribution in [2.75, 3.05) is 13.2 Å². The number of rotatable bonds is 4. The van der Waals surface area contributed by atoms with E-state index in [4.69, 9.17) is 4.43 Å². The van der Waals surface area contributed by atoms with Crippen molar-refractivity contribution < 1.29 is 14.6 Å². The van der Waals surface area contributed by atoms with Crippen LogP contribution in [-0.4, -0.2) is 38.6 Å². The van der Waals surface area contributed by atoms with Crippen LogP contribution in [-0.2, 0) is 4.43 Å². The molecular formula is C25H43O3Si. The summed E-state index contributed by atoms with van der Waals surface area (Å²) in [6.45, 7) is 12.6. The molecule has 0 aromatic rings. The Bertz CT molecular complexity index is 638. The van der Waals surface area contributed by atoms with Gasteiger partial charge in [-0.25, -0.2) is 0 Å². The average Bonchev–Trinajstić information content (AvgIpc) is 3.01. The zero-order valence-electron chi connectivity index (χ0n) is 19.3. The van der Waals surface area contributed by atoms with Crippen molar-refractivity contribution in [1.82, 2.24) is 0 Å². The number of aliphatic hydroxyl groups excluding tert-OH is 2. The van der Waals surface area contributed by atoms with E-state index < -0.39 is 9.04 Å². The SMILES string of the molecule is C[Si](C)OC[C@]12CC[C@H]3[C@@H](CC=C4CC(C(C)(C)C)CC[C@@]43CO)[C@@H]1CC[C@@H]2O. The van der Waals surface area contributed by atoms with Gasteiger partial charge < -0.3 is 14.6 Å². The monoisotopic (exact) mass is 419 g/mol. The van der Waals surface area contributed by atoms with Crippen LogP contribution in [0.15, 0.2) is 11.6 Å². The van der Waals surface area contributed by atoms with Gasteiger partial charge in [0, 0.05) is 17.4 Å². The molecule has 4 heteroatoms. The Morgan fingerprint density at radius 1 is 1.10 bits per heavy atom. The summed E-state index contributed by atoms with van der Waals surface area (Å²) in [6.07, 6.45) is 11.3. The summed E-state index contributed by atoms with van der Waals surface area (Å²) in [5.41, 5.74) is 1.89. The maximum Gasteiger partial charge on any atom is 0.204 e. The number of aliphatic hydroxyl groups is 2. The lowest BCUT2D eigenvalue weighted by atomic mass is 9.46. The predicted molar refractivity (Wildman–Crippen MR) is 120 cm³/mol. The third kappa shape index (κ3) is 3.50. The molecule has 0 amide bonds. The molecule has 0 aliphatic heterocycles. The molecule has 7 atom stereocenters. The molecule has 4 rings (SSSR count). The van der Waals surface area contributed by atoms with Gasteiger partial charge in [-0.05, 0) is 93.5 Å². The highest BCUT2D eigenvalue weighted by Gasteiger charge is 2.61. The first kappa shape index (κ1) is 22.0. The van der Waals surface area contributed by atoms with E-state index in [-0.39, 0.29) is 16.9 Å². The van der Waals surface area contributed by atoms with Gasteiger partial charge in [0.2, 0.25) is 9.04 Å². The van der Waals surface area contributed by atoms with E-state index in [9.17, 15) is 10.2 Å². The van der Waals surface area contributed by atoms with Crippen LogP contribution in [0, 0.1) is 39.9 Å². The van der Waals surface area contributed by atoms with Crippen molar-refractivity contribution in [3.05, 3.63) is 11.6 Å². The maximum atomic E-state index is 11.0. The molecule has 3 saturated carbocycles. The van der Waals surface area contributed by atoms with Gasteiger partial charge in [0.1, 0.15) is 0 Å². The van der Waals surface area contributed by atoms with Gasteiger partial charge in [-0.3, -0.25) is 0 Å². The molecule has 4 aliphatic carbocycles. The van der Waals surface area contributed by atoms with Crippen LogP contribution < -0.4 is 0 Å². The fraction of sp³-hybridized carbons (Fsp3) is 0.920. The van der Waals surface area contributed by atoms with E-state index in [0.717, 1.165) is 51.0 Å². The molecular weight excluding hydrogens is 376 g/mol. The molecule has 4 aliphatic rings. The summed E-state index contributed by atoms with van der Waals surface area (Å²) in [6, 6.07) is 0. The van der Waals surface area contributed by atoms with Crippen molar-refractivity contribution in [3.63, 3.8) is 0 Å². The second-order valence-electron chi connectivity index (χ2n) is 12.0. The molecule has 29 heavy (non-hydrogen) atoms. The largest absolute Gasteiger partial charge is 0.417 e. The first-order valence-corrected chi connectivity index (χ1v) is 14.5. The fourth-order valence-corrected chi connectivity index (χ4v) is 8.39. The molecule has 3 nitrogen and oxygen atoms in total. The molecule has 165 valence electrons. The normalized spacial score (nSPS) is 44.8. The molecule has 1 unspecified atom stereocenters. The minimum absolute atomic E-state index is 0.00961. The molecule has 0 bridgehead atoms. The quantitative estimate of drug-likeness (QED) is 0.487. The lowest BCUT2D eigenvalue weighted by Crippen LogP contribution is -2.55. The third-order valence-corrected chi connectivity index (χ3v) is 10.4. The third-order valence-electron chi connectivity index (χ3n) is 9.64. The Morgan fingerprint density at radius 2 is 1.86 bits per heavy atom. The van der Waals surface area contributed by atoms with E-state index in [1.165, 1.54) is 12.8 Å². The van der Waals surface area contributed by atoms with Gasteiger partial charge in [-0.1, -0.05) is 32.4 Å². The van der Waals surface area contributed by atoms with E-state index in [2.05, 4.69) is 39.9 Å². The van der Waals surface area contributed by atoms with Gasteiger partial charge in [0.15, 0.2) is 0 Å². The Labute approximate surface area is 180 Å². The molecule has 1 radical (unpaired) electrons. The smallest absolute Gasteiger partial charge is 0.204 e. The summed E-state index contributed by atoms with van der Waals surface area (Å²) in [7, 11) is -0.746. The number of allylic oxidation sites excluding steroid dienone is 1. The van der Waals surface area contributed by atoms with Gasteiger partial charge in [-0.15, -0.1) is 0 Å². The fourth-order valence-electron chi connectivity index (χ4n) is 7.83. The van der Waals surface area contributed by atoms with Gasteiger partial charge in [0.05, 0.1) is 12.7 Å². The Hall–Kier alpha value is -0.163. The number of hydrogen-bond acceptors (Lipinski definition) is 3. The first-order valence-electron chi connectivity index (χ1n) is 12.1. The summed E-state index contributed by atoms with van der Waals surface area (Å²) in [5.74, 6) is 2.48. The average molecular weight is 420 g/mol. The molecule has 0 aromatic heterocycles. The van der Waals surface area contributed by atoms with E-state index in [0.29, 0.717) is 29.8 Å². The lowest BCUT2D eigenvalue weighted by molar-refractivity contribution is -0.111. The summed E-state index contributed by atoms with van der Waals surface area (Å²) in [4.78, 5) is 0. The maximum absolute atomic E-state index is 11.0. The van der Waals surface area contributed by atoms with Gasteiger partial charge >= 0.3 is 0 Å². The van der Waals surface area contributed by atoms with E-state index in [1.807, 2.05) is 0 Å². The Balaban J connectivity index is 1.62. The zero-order valence-corrected chi connectivity index (χ0v) is 20.3. The topological polar surface area (TPSA) is 49.7 Å². The van der Waals surface area contributed by atoms with Crippen molar-refractivity contribution in [3.8, 4) is 0 Å². The Kier molecular flexibility index (Phi) is 5.90. The molecule has 0 aromatic carbocycles. The summed E-state index contributed by atoms with van der Waals surface area (Å²) in [5, 5.41) is 21.7. The molecule has 3 fully saturated rings. The molecule has 0 spiro atoms. The summed E-state index contributed by atoms with van der Waals surface area (Å²) >= 11 is 0. The van der Waals surface area contributed by atoms with Crippen molar-refractivity contribution in [2.45, 2.75) is 91.3 Å². The molecule has 0 saturated heterocycles. The van der Waals surface area contributed by atoms with Crippen LogP contribution >= 0.6 is 0 Å². The van der Waals surface area contributed by atoms with Crippen molar-refractivity contribution in [1.29, 1.82) is 0 Å². The lowest BCUT2D eigenvalue weighted by Gasteiger charge is -2.59. The first-order chi connectivity index (χ1) is 13.6. The zero-order chi connectivity index (χ0) is 21.0. The van der Waals surface area contributed by atoms with E-state index in [1.54, 1.807) is 5.57 Å². The van der Waals surface area contributed by atoms with Crippen LogP contribution in [0.5, 0.6) is 0 Å². The number of hydrogen-bond donors (Lipinski definition) is 2. The highest BCUT2D eigenvalue weighted by atomic mass is 28.3. The van der Waals surface area contributed by atoms with Crippen LogP contribution in [0.1, 0.15) is 72.1 Å². The minimum atomic E-state index is -0.746.